The molecule has 0 bridgehead atoms. The van der Waals surface area contributed by atoms with Crippen LogP contribution >= 0.6 is 0 Å². The minimum absolute atomic E-state index is 0.0858. The number of carboxylic acid groups (broad SMARTS) is 1. The van der Waals surface area contributed by atoms with Crippen LogP contribution in [0.4, 0.5) is 4.39 Å². The Labute approximate surface area is 112 Å². The Bertz CT molecular complexity index is 483. The van der Waals surface area contributed by atoms with Crippen LogP contribution in [0, 0.1) is 6.08 Å². The summed E-state index contributed by atoms with van der Waals surface area (Å²) in [7, 11) is 1.57. The number of halogens is 1. The van der Waals surface area contributed by atoms with E-state index >= 15 is 0 Å². The number of aliphatic imine (C=N–C) groups is 1. The van der Waals surface area contributed by atoms with Crippen molar-refractivity contribution in [3.05, 3.63) is 23.6 Å². The number of carbonyl (C=O) groups is 2. The molecule has 18 heavy (non-hydrogen) atoms. The first-order valence-corrected chi connectivity index (χ1v) is 5.78. The number of allylic oxidation sites excluding steroid dienone is 2. The molecule has 7 heteroatoms. The van der Waals surface area contributed by atoms with Crippen molar-refractivity contribution in [1.82, 2.24) is 4.90 Å². The standard InChI is InChI=1S/C11H10FN2O3.V/c1-3-7(8(12)6-9(15)16)10-11(17)14(2)5-4-13-10;/h1,3H,4-5H2,2H3,(H,15,16);/q-1;/b7-3+;. The topological polar surface area (TPSA) is 70.0 Å². The van der Waals surface area contributed by atoms with Gasteiger partial charge in [-0.15, -0.1) is 0 Å². The normalized spacial score (nSPS) is 17.5. The van der Waals surface area contributed by atoms with E-state index in [0.717, 1.165) is 0 Å². The number of hydrogen-bond donors (Lipinski definition) is 1. The summed E-state index contributed by atoms with van der Waals surface area (Å²) in [5, 5.41) is 8.47. The molecule has 1 rings (SSSR count). The number of amides is 1. The second-order valence-electron chi connectivity index (χ2n) is 3.43. The van der Waals surface area contributed by atoms with E-state index in [0.29, 0.717) is 13.1 Å². The number of carboxylic acids is 1. The van der Waals surface area contributed by atoms with Crippen molar-refractivity contribution in [1.29, 1.82) is 0 Å². The van der Waals surface area contributed by atoms with Gasteiger partial charge in [0.2, 0.25) is 0 Å². The first kappa shape index (κ1) is 14.5. The molecule has 0 aromatic carbocycles. The molecule has 0 saturated heterocycles. The number of aliphatic carboxylic acids is 1. The van der Waals surface area contributed by atoms with Gasteiger partial charge in [-0.25, -0.2) is 0 Å². The van der Waals surface area contributed by atoms with Crippen molar-refractivity contribution in [3.63, 3.8) is 0 Å². The van der Waals surface area contributed by atoms with E-state index in [-0.39, 0.29) is 11.3 Å². The van der Waals surface area contributed by atoms with Crippen LogP contribution in [0.15, 0.2) is 22.5 Å². The van der Waals surface area contributed by atoms with Crippen LogP contribution in [0.5, 0.6) is 0 Å². The fourth-order valence-electron chi connectivity index (χ4n) is 1.35. The fourth-order valence-corrected chi connectivity index (χ4v) is 1.59. The zero-order valence-corrected chi connectivity index (χ0v) is 10.9. The second-order valence-corrected chi connectivity index (χ2v) is 3.90. The summed E-state index contributed by atoms with van der Waals surface area (Å²) < 4.78 is 15.1. The second kappa shape index (κ2) is 6.42. The Hall–Kier alpha value is -1.53. The molecule has 0 radical (unpaired) electrons. The average molecular weight is 288 g/mol. The van der Waals surface area contributed by atoms with Crippen molar-refractivity contribution < 1.29 is 36.1 Å². The van der Waals surface area contributed by atoms with Crippen LogP contribution in [0.25, 0.3) is 0 Å². The number of hydrogen-bond acceptors (Lipinski definition) is 3. The Kier molecular flexibility index (Phi) is 5.18. The molecule has 0 spiro atoms. The van der Waals surface area contributed by atoms with Gasteiger partial charge in [0.05, 0.1) is 0 Å². The van der Waals surface area contributed by atoms with Crippen LogP contribution < -0.4 is 0 Å². The number of likely N-dealkylation sites (N-methyl/N-ethyl adjacent to an activating group) is 1. The van der Waals surface area contributed by atoms with Crippen LogP contribution in [0.2, 0.25) is 0 Å². The molecule has 1 N–H and O–H groups in total. The Morgan fingerprint density at radius 1 is 1.67 bits per heavy atom. The van der Waals surface area contributed by atoms with Crippen molar-refractivity contribution in [2.24, 2.45) is 4.99 Å². The zero-order valence-electron chi connectivity index (χ0n) is 9.55. The predicted octanol–water partition coefficient (Wildman–Crippen LogP) is -0.0840. The summed E-state index contributed by atoms with van der Waals surface area (Å²) in [6, 6.07) is 0. The van der Waals surface area contributed by atoms with Gasteiger partial charge < -0.3 is 0 Å². The Morgan fingerprint density at radius 3 is 2.89 bits per heavy atom. The van der Waals surface area contributed by atoms with Gasteiger partial charge in [0.15, 0.2) is 0 Å². The molecule has 0 aromatic rings. The molecule has 0 atom stereocenters. The first-order valence-electron chi connectivity index (χ1n) is 4.98. The van der Waals surface area contributed by atoms with Gasteiger partial charge in [-0.1, -0.05) is 0 Å². The maximum atomic E-state index is 13.7. The molecular weight excluding hydrogens is 278 g/mol. The Balaban J connectivity index is 3.19. The monoisotopic (exact) mass is 288 g/mol. The zero-order chi connectivity index (χ0) is 13.7. The minimum atomic E-state index is -1.54. The molecule has 0 unspecified atom stereocenters. The van der Waals surface area contributed by atoms with E-state index in [4.69, 9.17) is 5.11 Å². The Morgan fingerprint density at radius 2 is 2.33 bits per heavy atom. The fraction of sp³-hybridized carbons (Fsp3) is 0.273. The molecule has 0 aromatic heterocycles. The number of carbonyl (C=O) groups excluding carboxylic acids is 1. The summed E-state index contributed by atoms with van der Waals surface area (Å²) in [6.07, 6.45) is 2.86. The van der Waals surface area contributed by atoms with Crippen LogP contribution in [-0.2, 0) is 26.6 Å². The van der Waals surface area contributed by atoms with Crippen LogP contribution in [0.1, 0.15) is 0 Å². The van der Waals surface area contributed by atoms with Crippen molar-refractivity contribution in [3.8, 4) is 0 Å². The summed E-state index contributed by atoms with van der Waals surface area (Å²) in [5.41, 5.74) is -0.258. The molecule has 1 aliphatic heterocycles. The SMILES string of the molecule is CN1CCN=C(/C(=C/[CH]=[V])C(F)=[C-]C(=O)O)C1=O. The van der Waals surface area contributed by atoms with Gasteiger partial charge in [0, 0.05) is 0 Å². The number of nitrogens with zero attached hydrogens (tertiary/aromatic N) is 2. The maximum absolute atomic E-state index is 13.7. The first-order chi connectivity index (χ1) is 8.47. The van der Waals surface area contributed by atoms with Crippen LogP contribution in [0.3, 0.4) is 0 Å². The third-order valence-corrected chi connectivity index (χ3v) is 2.44. The average Bonchev–Trinajstić information content (AvgIpc) is 2.29. The molecule has 1 heterocycles. The summed E-state index contributed by atoms with van der Waals surface area (Å²) in [6.45, 7) is 0.809. The third-order valence-electron chi connectivity index (χ3n) is 2.20. The molecule has 1 aliphatic rings. The van der Waals surface area contributed by atoms with E-state index in [9.17, 15) is 14.0 Å². The van der Waals surface area contributed by atoms with Gasteiger partial charge >= 0.3 is 112 Å². The summed E-state index contributed by atoms with van der Waals surface area (Å²) in [4.78, 5) is 27.6. The van der Waals surface area contributed by atoms with Crippen LogP contribution in [-0.4, -0.2) is 52.5 Å². The van der Waals surface area contributed by atoms with Gasteiger partial charge in [-0.2, -0.15) is 0 Å². The molecular formula is C11H10FN2O3V-. The summed E-state index contributed by atoms with van der Waals surface area (Å²) in [5.74, 6) is -3.10. The van der Waals surface area contributed by atoms with E-state index < -0.39 is 17.7 Å². The quantitative estimate of drug-likeness (QED) is 0.447. The molecule has 0 saturated carbocycles. The van der Waals surface area contributed by atoms with Crippen molar-refractivity contribution >= 4 is 22.3 Å². The van der Waals surface area contributed by atoms with Gasteiger partial charge in [0.1, 0.15) is 0 Å². The predicted molar refractivity (Wildman–Crippen MR) is 59.6 cm³/mol. The molecule has 95 valence electrons. The van der Waals surface area contributed by atoms with Gasteiger partial charge in [0.25, 0.3) is 0 Å². The van der Waals surface area contributed by atoms with Crippen molar-refractivity contribution in [2.75, 3.05) is 20.1 Å². The number of rotatable bonds is 4. The summed E-state index contributed by atoms with van der Waals surface area (Å²) >= 11 is 2.07. The van der Waals surface area contributed by atoms with E-state index in [1.165, 1.54) is 15.7 Å². The van der Waals surface area contributed by atoms with E-state index in [1.54, 1.807) is 13.1 Å². The van der Waals surface area contributed by atoms with E-state index in [1.807, 2.05) is 0 Å². The molecule has 5 nitrogen and oxygen atoms in total. The van der Waals surface area contributed by atoms with Gasteiger partial charge in [-0.3, -0.25) is 0 Å². The van der Waals surface area contributed by atoms with Gasteiger partial charge in [-0.05, 0) is 0 Å². The molecule has 1 amide bonds. The molecule has 0 fully saturated rings. The van der Waals surface area contributed by atoms with Crippen molar-refractivity contribution in [2.45, 2.75) is 0 Å². The van der Waals surface area contributed by atoms with E-state index in [2.05, 4.69) is 22.0 Å². The molecule has 0 aliphatic carbocycles. The third kappa shape index (κ3) is 3.48.